The highest BCUT2D eigenvalue weighted by Crippen LogP contribution is 2.26. The van der Waals surface area contributed by atoms with Crippen LogP contribution in [0.15, 0.2) is 46.9 Å². The average molecular weight is 536 g/mol. The zero-order valence-corrected chi connectivity index (χ0v) is 21.5. The number of hydrogen-bond donors (Lipinski definition) is 3. The van der Waals surface area contributed by atoms with Crippen LogP contribution in [0.1, 0.15) is 60.7 Å². The van der Waals surface area contributed by atoms with Crippen LogP contribution in [0.2, 0.25) is 0 Å². The van der Waals surface area contributed by atoms with Crippen LogP contribution in [-0.2, 0) is 0 Å². The highest BCUT2D eigenvalue weighted by molar-refractivity contribution is 9.10. The maximum atomic E-state index is 12.4. The first-order valence-electron chi connectivity index (χ1n) is 10.9. The van der Waals surface area contributed by atoms with Gasteiger partial charge in [-0.3, -0.25) is 25.8 Å². The van der Waals surface area contributed by atoms with Crippen LogP contribution < -0.4 is 25.6 Å². The maximum absolute atomic E-state index is 12.4. The van der Waals surface area contributed by atoms with E-state index < -0.39 is 11.8 Å². The molecule has 0 fully saturated rings. The summed E-state index contributed by atoms with van der Waals surface area (Å²) in [4.78, 5) is 24.7. The summed E-state index contributed by atoms with van der Waals surface area (Å²) in [5.41, 5.74) is 5.83. The number of hydrogen-bond acceptors (Lipinski definition) is 5. The highest BCUT2D eigenvalue weighted by Gasteiger charge is 2.12. The van der Waals surface area contributed by atoms with Crippen LogP contribution >= 0.6 is 28.1 Å². The van der Waals surface area contributed by atoms with Crippen molar-refractivity contribution >= 4 is 45.1 Å². The van der Waals surface area contributed by atoms with Gasteiger partial charge in [0.2, 0.25) is 0 Å². The molecule has 33 heavy (non-hydrogen) atoms. The van der Waals surface area contributed by atoms with Crippen molar-refractivity contribution in [3.63, 3.8) is 0 Å². The number of thiocarbonyl (C=S) groups is 1. The molecule has 0 aromatic heterocycles. The Morgan fingerprint density at radius 2 is 1.67 bits per heavy atom. The minimum absolute atomic E-state index is 0.0265. The van der Waals surface area contributed by atoms with Crippen molar-refractivity contribution in [3.8, 4) is 11.5 Å². The predicted octanol–water partition coefficient (Wildman–Crippen LogP) is 5.00. The van der Waals surface area contributed by atoms with Gasteiger partial charge in [0.1, 0.15) is 11.5 Å². The van der Waals surface area contributed by atoms with Crippen LogP contribution in [0.3, 0.4) is 0 Å². The summed E-state index contributed by atoms with van der Waals surface area (Å²) in [5, 5.41) is 2.50. The Hall–Kier alpha value is -2.65. The maximum Gasteiger partial charge on any atom is 0.269 e. The first kappa shape index (κ1) is 26.6. The third kappa shape index (κ3) is 9.39. The first-order chi connectivity index (χ1) is 15.8. The van der Waals surface area contributed by atoms with Crippen molar-refractivity contribution in [2.24, 2.45) is 5.92 Å². The number of carbonyl (C=O) groups excluding carboxylic acids is 2. The van der Waals surface area contributed by atoms with E-state index in [1.807, 2.05) is 0 Å². The Morgan fingerprint density at radius 1 is 0.970 bits per heavy atom. The molecule has 0 radical (unpaired) electrons. The molecule has 0 aliphatic carbocycles. The second kappa shape index (κ2) is 13.8. The fraction of sp³-hybridized carbons (Fsp3) is 0.375. The van der Waals surface area contributed by atoms with Gasteiger partial charge in [0, 0.05) is 11.1 Å². The average Bonchev–Trinajstić information content (AvgIpc) is 2.78. The Balaban J connectivity index is 1.80. The van der Waals surface area contributed by atoms with Crippen LogP contribution in [0.25, 0.3) is 0 Å². The van der Waals surface area contributed by atoms with Crippen molar-refractivity contribution < 1.29 is 19.1 Å². The van der Waals surface area contributed by atoms with E-state index in [2.05, 4.69) is 52.9 Å². The predicted molar refractivity (Wildman–Crippen MR) is 137 cm³/mol. The lowest BCUT2D eigenvalue weighted by atomic mass is 10.1. The van der Waals surface area contributed by atoms with Crippen LogP contribution in [0.4, 0.5) is 0 Å². The third-order valence-corrected chi connectivity index (χ3v) is 5.37. The van der Waals surface area contributed by atoms with Gasteiger partial charge >= 0.3 is 0 Å². The van der Waals surface area contributed by atoms with Crippen molar-refractivity contribution in [1.82, 2.24) is 16.2 Å². The molecule has 2 aromatic rings. The summed E-state index contributed by atoms with van der Waals surface area (Å²) >= 11 is 8.52. The summed E-state index contributed by atoms with van der Waals surface area (Å²) in [7, 11) is 0. The van der Waals surface area contributed by atoms with Gasteiger partial charge in [-0.25, -0.2) is 0 Å². The molecule has 7 nitrogen and oxygen atoms in total. The number of nitrogens with one attached hydrogen (secondary N) is 3. The summed E-state index contributed by atoms with van der Waals surface area (Å²) in [6.45, 7) is 7.60. The van der Waals surface area contributed by atoms with E-state index in [4.69, 9.17) is 21.7 Å². The lowest BCUT2D eigenvalue weighted by Crippen LogP contribution is -2.48. The van der Waals surface area contributed by atoms with Gasteiger partial charge in [-0.2, -0.15) is 0 Å². The molecule has 3 N–H and O–H groups in total. The molecule has 0 saturated heterocycles. The lowest BCUT2D eigenvalue weighted by Gasteiger charge is -2.12. The smallest absolute Gasteiger partial charge is 0.269 e. The molecule has 178 valence electrons. The van der Waals surface area contributed by atoms with Gasteiger partial charge in [-0.05, 0) is 89.4 Å². The largest absolute Gasteiger partial charge is 0.494 e. The fourth-order valence-corrected chi connectivity index (χ4v) is 3.23. The molecule has 0 heterocycles. The molecule has 0 aliphatic rings. The van der Waals surface area contributed by atoms with Gasteiger partial charge in [0.25, 0.3) is 11.8 Å². The lowest BCUT2D eigenvalue weighted by molar-refractivity contribution is 0.0934. The number of benzene rings is 2. The van der Waals surface area contributed by atoms with Crippen LogP contribution in [0, 0.1) is 5.92 Å². The van der Waals surface area contributed by atoms with E-state index in [9.17, 15) is 9.59 Å². The quantitative estimate of drug-likeness (QED) is 0.225. The topological polar surface area (TPSA) is 88.7 Å². The van der Waals surface area contributed by atoms with Crippen molar-refractivity contribution in [2.75, 3.05) is 13.2 Å². The van der Waals surface area contributed by atoms with Crippen molar-refractivity contribution in [2.45, 2.75) is 40.0 Å². The summed E-state index contributed by atoms with van der Waals surface area (Å²) in [6.07, 6.45) is 2.96. The van der Waals surface area contributed by atoms with E-state index in [0.717, 1.165) is 19.3 Å². The van der Waals surface area contributed by atoms with E-state index in [1.165, 1.54) is 0 Å². The number of unbranched alkanes of at least 4 members (excludes halogenated alkanes) is 1. The van der Waals surface area contributed by atoms with E-state index >= 15 is 0 Å². The van der Waals surface area contributed by atoms with Gasteiger partial charge in [0.15, 0.2) is 5.11 Å². The number of rotatable bonds is 10. The molecular formula is C24H30BrN3O4S. The highest BCUT2D eigenvalue weighted by atomic mass is 79.9. The third-order valence-electron chi connectivity index (χ3n) is 4.55. The second-order valence-corrected chi connectivity index (χ2v) is 9.03. The zero-order valence-electron chi connectivity index (χ0n) is 19.1. The summed E-state index contributed by atoms with van der Waals surface area (Å²) < 4.78 is 12.0. The summed E-state index contributed by atoms with van der Waals surface area (Å²) in [6, 6.07) is 11.8. The summed E-state index contributed by atoms with van der Waals surface area (Å²) in [5.74, 6) is 1.14. The van der Waals surface area contributed by atoms with Crippen molar-refractivity contribution in [3.05, 3.63) is 58.1 Å². The monoisotopic (exact) mass is 535 g/mol. The fourth-order valence-electron chi connectivity index (χ4n) is 2.59. The molecule has 2 aromatic carbocycles. The molecule has 2 rings (SSSR count). The Labute approximate surface area is 208 Å². The van der Waals surface area contributed by atoms with E-state index in [-0.39, 0.29) is 5.11 Å². The number of carbonyl (C=O) groups is 2. The second-order valence-electron chi connectivity index (χ2n) is 7.76. The molecule has 0 bridgehead atoms. The Morgan fingerprint density at radius 3 is 2.30 bits per heavy atom. The normalized spacial score (nSPS) is 10.5. The van der Waals surface area contributed by atoms with Gasteiger partial charge in [0.05, 0.1) is 17.7 Å². The Kier molecular flexibility index (Phi) is 11.1. The number of hydrazine groups is 1. The molecule has 9 heteroatoms. The standard InChI is InChI=1S/C24H30BrN3O4S/c1-4-5-13-32-21-11-8-18(15-20(21)25)22(29)26-24(33)28-27-23(30)17-6-9-19(10-7-17)31-14-12-16(2)3/h6-11,15-16H,4-5,12-14H2,1-3H3,(H,27,30)(H2,26,28,29,33). The molecule has 0 saturated carbocycles. The first-order valence-corrected chi connectivity index (χ1v) is 12.1. The molecule has 2 amide bonds. The molecule has 0 aliphatic heterocycles. The van der Waals surface area contributed by atoms with Crippen LogP contribution in [0.5, 0.6) is 11.5 Å². The molecule has 0 spiro atoms. The van der Waals surface area contributed by atoms with Gasteiger partial charge in [-0.1, -0.05) is 27.2 Å². The van der Waals surface area contributed by atoms with E-state index in [0.29, 0.717) is 46.2 Å². The number of halogens is 1. The number of amides is 2. The van der Waals surface area contributed by atoms with Crippen molar-refractivity contribution in [1.29, 1.82) is 0 Å². The minimum atomic E-state index is -0.412. The van der Waals surface area contributed by atoms with E-state index in [1.54, 1.807) is 42.5 Å². The zero-order chi connectivity index (χ0) is 24.2. The molecule has 0 atom stereocenters. The molecule has 0 unspecified atom stereocenters. The van der Waals surface area contributed by atoms with Gasteiger partial charge in [-0.15, -0.1) is 0 Å². The number of ether oxygens (including phenoxy) is 2. The van der Waals surface area contributed by atoms with Gasteiger partial charge < -0.3 is 9.47 Å². The Bertz CT molecular complexity index is 951. The minimum Gasteiger partial charge on any atom is -0.494 e. The van der Waals surface area contributed by atoms with Crippen LogP contribution in [-0.4, -0.2) is 30.1 Å². The SMILES string of the molecule is CCCCOc1ccc(C(=O)NC(=S)NNC(=O)c2ccc(OCCC(C)C)cc2)cc1Br. The molecular weight excluding hydrogens is 506 g/mol.